The molecule has 1 spiro atoms. The van der Waals surface area contributed by atoms with Crippen molar-refractivity contribution in [3.05, 3.63) is 6.61 Å². The zero-order chi connectivity index (χ0) is 7.73. The van der Waals surface area contributed by atoms with Crippen molar-refractivity contribution in [3.63, 3.8) is 0 Å². The fourth-order valence-corrected chi connectivity index (χ4v) is 2.18. The van der Waals surface area contributed by atoms with E-state index in [4.69, 9.17) is 4.74 Å². The number of piperidine rings is 1. The molecule has 2 rings (SSSR count). The SMILES string of the molecule is CC1CC2([CH]O1)CCNCC2. The molecule has 63 valence electrons. The summed E-state index contributed by atoms with van der Waals surface area (Å²) >= 11 is 0. The van der Waals surface area contributed by atoms with Crippen LogP contribution in [0.1, 0.15) is 26.2 Å². The van der Waals surface area contributed by atoms with Gasteiger partial charge >= 0.3 is 0 Å². The molecule has 1 unspecified atom stereocenters. The molecule has 2 heterocycles. The average Bonchev–Trinajstić information content (AvgIpc) is 2.34. The first-order valence-corrected chi connectivity index (χ1v) is 4.51. The van der Waals surface area contributed by atoms with Crippen LogP contribution in [0.5, 0.6) is 0 Å². The second-order valence-electron chi connectivity index (χ2n) is 3.88. The standard InChI is InChI=1S/C9H16NO/c1-8-6-9(7-11-8)2-4-10-5-3-9/h7-8,10H,2-6H2,1H3. The van der Waals surface area contributed by atoms with Crippen LogP contribution >= 0.6 is 0 Å². The van der Waals surface area contributed by atoms with Gasteiger partial charge in [0.2, 0.25) is 0 Å². The summed E-state index contributed by atoms with van der Waals surface area (Å²) in [5.41, 5.74) is 0.435. The predicted octanol–water partition coefficient (Wildman–Crippen LogP) is 1.33. The molecule has 0 aliphatic carbocycles. The van der Waals surface area contributed by atoms with Crippen LogP contribution in [0.2, 0.25) is 0 Å². The van der Waals surface area contributed by atoms with Gasteiger partial charge in [0.25, 0.3) is 0 Å². The lowest BCUT2D eigenvalue weighted by Crippen LogP contribution is -2.35. The van der Waals surface area contributed by atoms with Crippen molar-refractivity contribution in [2.45, 2.75) is 32.3 Å². The van der Waals surface area contributed by atoms with Crippen molar-refractivity contribution in [1.82, 2.24) is 5.32 Å². The molecule has 0 saturated carbocycles. The molecular weight excluding hydrogens is 138 g/mol. The number of rotatable bonds is 0. The Bertz CT molecular complexity index is 135. The van der Waals surface area contributed by atoms with Crippen molar-refractivity contribution >= 4 is 0 Å². The van der Waals surface area contributed by atoms with E-state index in [1.165, 1.54) is 19.3 Å². The maximum Gasteiger partial charge on any atom is 0.0903 e. The summed E-state index contributed by atoms with van der Waals surface area (Å²) in [7, 11) is 0. The quantitative estimate of drug-likeness (QED) is 0.568. The highest BCUT2D eigenvalue weighted by molar-refractivity contribution is 4.96. The molecule has 2 aliphatic heterocycles. The van der Waals surface area contributed by atoms with Crippen LogP contribution in [0.25, 0.3) is 0 Å². The maximum absolute atomic E-state index is 5.49. The number of hydrogen-bond acceptors (Lipinski definition) is 2. The minimum atomic E-state index is 0.435. The first kappa shape index (κ1) is 7.56. The Labute approximate surface area is 68.3 Å². The number of hydrogen-bond donors (Lipinski definition) is 1. The second-order valence-corrected chi connectivity index (χ2v) is 3.88. The van der Waals surface area contributed by atoms with Gasteiger partial charge in [-0.25, -0.2) is 0 Å². The van der Waals surface area contributed by atoms with Crippen molar-refractivity contribution in [1.29, 1.82) is 0 Å². The normalized spacial score (nSPS) is 36.3. The molecule has 0 aromatic carbocycles. The Morgan fingerprint density at radius 1 is 1.45 bits per heavy atom. The third-order valence-corrected chi connectivity index (χ3v) is 2.84. The number of nitrogens with one attached hydrogen (secondary N) is 1. The third kappa shape index (κ3) is 1.42. The van der Waals surface area contributed by atoms with Crippen LogP contribution in [0, 0.1) is 12.0 Å². The fourth-order valence-electron chi connectivity index (χ4n) is 2.18. The Morgan fingerprint density at radius 2 is 2.18 bits per heavy atom. The Morgan fingerprint density at radius 3 is 2.73 bits per heavy atom. The third-order valence-electron chi connectivity index (χ3n) is 2.84. The van der Waals surface area contributed by atoms with Gasteiger partial charge in [-0.2, -0.15) is 0 Å². The summed E-state index contributed by atoms with van der Waals surface area (Å²) in [4.78, 5) is 0. The van der Waals surface area contributed by atoms with Gasteiger partial charge in [0.1, 0.15) is 0 Å². The highest BCUT2D eigenvalue weighted by Crippen LogP contribution is 2.42. The lowest BCUT2D eigenvalue weighted by molar-refractivity contribution is 0.158. The highest BCUT2D eigenvalue weighted by Gasteiger charge is 2.39. The molecule has 0 aromatic heterocycles. The molecule has 1 atom stereocenters. The van der Waals surface area contributed by atoms with Crippen LogP contribution in [0.4, 0.5) is 0 Å². The Kier molecular flexibility index (Phi) is 1.90. The van der Waals surface area contributed by atoms with Crippen molar-refractivity contribution in [3.8, 4) is 0 Å². The first-order chi connectivity index (χ1) is 5.31. The molecule has 2 fully saturated rings. The van der Waals surface area contributed by atoms with E-state index >= 15 is 0 Å². The van der Waals surface area contributed by atoms with Gasteiger partial charge in [-0.15, -0.1) is 0 Å². The zero-order valence-corrected chi connectivity index (χ0v) is 7.10. The van der Waals surface area contributed by atoms with E-state index in [0.29, 0.717) is 11.5 Å². The van der Waals surface area contributed by atoms with Gasteiger partial charge in [0.05, 0.1) is 12.7 Å². The predicted molar refractivity (Wildman–Crippen MR) is 44.0 cm³/mol. The molecule has 2 nitrogen and oxygen atoms in total. The first-order valence-electron chi connectivity index (χ1n) is 4.51. The van der Waals surface area contributed by atoms with Gasteiger partial charge < -0.3 is 10.1 Å². The zero-order valence-electron chi connectivity index (χ0n) is 7.10. The van der Waals surface area contributed by atoms with E-state index in [0.717, 1.165) is 13.1 Å². The Hall–Kier alpha value is -0.0800. The highest BCUT2D eigenvalue weighted by atomic mass is 16.5. The van der Waals surface area contributed by atoms with Crippen LogP contribution in [-0.2, 0) is 4.74 Å². The summed E-state index contributed by atoms with van der Waals surface area (Å²) in [5, 5.41) is 3.38. The topological polar surface area (TPSA) is 21.3 Å². The summed E-state index contributed by atoms with van der Waals surface area (Å²) in [6.45, 7) is 6.57. The second kappa shape index (κ2) is 2.76. The van der Waals surface area contributed by atoms with Crippen LogP contribution in [0.3, 0.4) is 0 Å². The molecule has 1 N–H and O–H groups in total. The molecule has 2 heteroatoms. The van der Waals surface area contributed by atoms with E-state index in [2.05, 4.69) is 18.8 Å². The average molecular weight is 154 g/mol. The van der Waals surface area contributed by atoms with E-state index in [9.17, 15) is 0 Å². The van der Waals surface area contributed by atoms with E-state index in [1.807, 2.05) is 0 Å². The summed E-state index contributed by atoms with van der Waals surface area (Å²) in [5.74, 6) is 0. The van der Waals surface area contributed by atoms with E-state index in [1.54, 1.807) is 0 Å². The molecule has 1 radical (unpaired) electrons. The van der Waals surface area contributed by atoms with Crippen LogP contribution < -0.4 is 5.32 Å². The minimum Gasteiger partial charge on any atom is -0.372 e. The van der Waals surface area contributed by atoms with Crippen LogP contribution in [-0.4, -0.2) is 19.2 Å². The fraction of sp³-hybridized carbons (Fsp3) is 0.889. The summed E-state index contributed by atoms with van der Waals surface area (Å²) in [6.07, 6.45) is 4.21. The monoisotopic (exact) mass is 154 g/mol. The number of ether oxygens (including phenoxy) is 1. The minimum absolute atomic E-state index is 0.435. The van der Waals surface area contributed by atoms with Gasteiger partial charge in [-0.3, -0.25) is 0 Å². The molecule has 11 heavy (non-hydrogen) atoms. The smallest absolute Gasteiger partial charge is 0.0903 e. The maximum atomic E-state index is 5.49. The van der Waals surface area contributed by atoms with Gasteiger partial charge in [-0.1, -0.05) is 0 Å². The molecule has 2 aliphatic rings. The molecule has 0 bridgehead atoms. The largest absolute Gasteiger partial charge is 0.372 e. The van der Waals surface area contributed by atoms with E-state index < -0.39 is 0 Å². The lowest BCUT2D eigenvalue weighted by Gasteiger charge is -2.31. The molecule has 0 amide bonds. The van der Waals surface area contributed by atoms with Gasteiger partial charge in [0, 0.05) is 5.41 Å². The summed E-state index contributed by atoms with van der Waals surface area (Å²) in [6, 6.07) is 0. The Balaban J connectivity index is 1.98. The molecule has 2 saturated heterocycles. The molecular formula is C9H16NO. The van der Waals surface area contributed by atoms with Crippen LogP contribution in [0.15, 0.2) is 0 Å². The van der Waals surface area contributed by atoms with E-state index in [-0.39, 0.29) is 0 Å². The van der Waals surface area contributed by atoms with Gasteiger partial charge in [-0.05, 0) is 39.3 Å². The molecule has 0 aromatic rings. The van der Waals surface area contributed by atoms with Gasteiger partial charge in [0.15, 0.2) is 0 Å². The van der Waals surface area contributed by atoms with Crippen molar-refractivity contribution in [2.75, 3.05) is 13.1 Å². The van der Waals surface area contributed by atoms with Crippen molar-refractivity contribution in [2.24, 2.45) is 5.41 Å². The van der Waals surface area contributed by atoms with Crippen molar-refractivity contribution < 1.29 is 4.74 Å². The summed E-state index contributed by atoms with van der Waals surface area (Å²) < 4.78 is 5.49. The lowest BCUT2D eigenvalue weighted by atomic mass is 9.77.